The summed E-state index contributed by atoms with van der Waals surface area (Å²) in [5, 5.41) is 2.97. The highest BCUT2D eigenvalue weighted by atomic mass is 16.5. The molecule has 0 aliphatic carbocycles. The number of carbonyl (C=O) groups is 1. The third-order valence-electron chi connectivity index (χ3n) is 4.27. The van der Waals surface area contributed by atoms with Crippen molar-refractivity contribution in [3.63, 3.8) is 0 Å². The first kappa shape index (κ1) is 18.5. The lowest BCUT2D eigenvalue weighted by Gasteiger charge is -2.11. The smallest absolute Gasteiger partial charge is 0.255 e. The minimum Gasteiger partial charge on any atom is -0.490 e. The molecule has 0 heterocycles. The predicted molar refractivity (Wildman–Crippen MR) is 110 cm³/mol. The van der Waals surface area contributed by atoms with E-state index in [4.69, 9.17) is 4.74 Å². The summed E-state index contributed by atoms with van der Waals surface area (Å²) in [6, 6.07) is 25.4. The van der Waals surface area contributed by atoms with E-state index in [2.05, 4.69) is 24.0 Å². The summed E-state index contributed by atoms with van der Waals surface area (Å²) >= 11 is 0. The molecule has 3 aromatic carbocycles. The van der Waals surface area contributed by atoms with Crippen molar-refractivity contribution in [2.24, 2.45) is 0 Å². The van der Waals surface area contributed by atoms with Gasteiger partial charge in [-0.1, -0.05) is 61.2 Å². The lowest BCUT2D eigenvalue weighted by atomic mass is 9.99. The van der Waals surface area contributed by atoms with Crippen molar-refractivity contribution in [2.75, 3.05) is 11.9 Å². The molecule has 3 heteroatoms. The van der Waals surface area contributed by atoms with Gasteiger partial charge in [-0.05, 0) is 54.3 Å². The van der Waals surface area contributed by atoms with Gasteiger partial charge in [-0.25, -0.2) is 0 Å². The first-order chi connectivity index (χ1) is 13.3. The van der Waals surface area contributed by atoms with Crippen molar-refractivity contribution in [3.05, 3.63) is 108 Å². The van der Waals surface area contributed by atoms with Crippen LogP contribution >= 0.6 is 0 Å². The lowest BCUT2D eigenvalue weighted by Crippen LogP contribution is -2.14. The van der Waals surface area contributed by atoms with E-state index in [-0.39, 0.29) is 5.91 Å². The monoisotopic (exact) mass is 357 g/mol. The Bertz CT molecular complexity index is 886. The SMILES string of the molecule is C=CCOc1ccc(NC(=O)c2ccccc2CCc2ccccc2)cc1. The van der Waals surface area contributed by atoms with Crippen molar-refractivity contribution in [1.29, 1.82) is 0 Å². The van der Waals surface area contributed by atoms with Gasteiger partial charge >= 0.3 is 0 Å². The Labute approximate surface area is 160 Å². The van der Waals surface area contributed by atoms with Gasteiger partial charge in [0, 0.05) is 11.3 Å². The summed E-state index contributed by atoms with van der Waals surface area (Å²) < 4.78 is 5.46. The van der Waals surface area contributed by atoms with Crippen LogP contribution in [0, 0.1) is 0 Å². The minimum absolute atomic E-state index is 0.0987. The summed E-state index contributed by atoms with van der Waals surface area (Å²) in [6.07, 6.45) is 3.42. The van der Waals surface area contributed by atoms with E-state index in [9.17, 15) is 4.79 Å². The average Bonchev–Trinajstić information content (AvgIpc) is 2.72. The maximum absolute atomic E-state index is 12.7. The third-order valence-corrected chi connectivity index (χ3v) is 4.27. The molecule has 3 nitrogen and oxygen atoms in total. The predicted octanol–water partition coefficient (Wildman–Crippen LogP) is 5.29. The van der Waals surface area contributed by atoms with Crippen LogP contribution in [0.3, 0.4) is 0 Å². The second-order valence-electron chi connectivity index (χ2n) is 6.22. The van der Waals surface area contributed by atoms with Crippen LogP contribution in [0.2, 0.25) is 0 Å². The lowest BCUT2D eigenvalue weighted by molar-refractivity contribution is 0.102. The zero-order valence-corrected chi connectivity index (χ0v) is 15.2. The van der Waals surface area contributed by atoms with Crippen LogP contribution in [0.25, 0.3) is 0 Å². The summed E-state index contributed by atoms with van der Waals surface area (Å²) in [5.41, 5.74) is 3.76. The number of carbonyl (C=O) groups excluding carboxylic acids is 1. The number of amides is 1. The zero-order chi connectivity index (χ0) is 18.9. The highest BCUT2D eigenvalue weighted by molar-refractivity contribution is 6.05. The molecule has 3 rings (SSSR count). The van der Waals surface area contributed by atoms with Crippen molar-refractivity contribution in [3.8, 4) is 5.75 Å². The molecule has 0 unspecified atom stereocenters. The van der Waals surface area contributed by atoms with Gasteiger partial charge in [0.25, 0.3) is 5.91 Å². The van der Waals surface area contributed by atoms with Gasteiger partial charge in [0.05, 0.1) is 0 Å². The molecule has 0 spiro atoms. The number of hydrogen-bond acceptors (Lipinski definition) is 2. The molecule has 0 aliphatic heterocycles. The fraction of sp³-hybridized carbons (Fsp3) is 0.125. The largest absolute Gasteiger partial charge is 0.490 e. The molecule has 1 amide bonds. The summed E-state index contributed by atoms with van der Waals surface area (Å²) in [6.45, 7) is 4.09. The summed E-state index contributed by atoms with van der Waals surface area (Å²) in [5.74, 6) is 0.648. The molecule has 0 atom stereocenters. The molecule has 0 aliphatic rings. The Hall–Kier alpha value is -3.33. The van der Waals surface area contributed by atoms with Crippen LogP contribution in [0.1, 0.15) is 21.5 Å². The highest BCUT2D eigenvalue weighted by Gasteiger charge is 2.11. The molecule has 0 bridgehead atoms. The Balaban J connectivity index is 1.66. The summed E-state index contributed by atoms with van der Waals surface area (Å²) in [7, 11) is 0. The van der Waals surface area contributed by atoms with Crippen LogP contribution < -0.4 is 10.1 Å². The molecule has 0 fully saturated rings. The number of rotatable bonds is 8. The maximum Gasteiger partial charge on any atom is 0.255 e. The van der Waals surface area contributed by atoms with Gasteiger partial charge in [0.2, 0.25) is 0 Å². The van der Waals surface area contributed by atoms with Crippen LogP contribution in [0.5, 0.6) is 5.75 Å². The van der Waals surface area contributed by atoms with E-state index in [1.165, 1.54) is 5.56 Å². The first-order valence-electron chi connectivity index (χ1n) is 9.03. The van der Waals surface area contributed by atoms with Crippen molar-refractivity contribution in [1.82, 2.24) is 0 Å². The fourth-order valence-electron chi connectivity index (χ4n) is 2.87. The van der Waals surface area contributed by atoms with Gasteiger partial charge in [0.15, 0.2) is 0 Å². The van der Waals surface area contributed by atoms with Crippen molar-refractivity contribution >= 4 is 11.6 Å². The normalized spacial score (nSPS) is 10.2. The average molecular weight is 357 g/mol. The Morgan fingerprint density at radius 1 is 0.889 bits per heavy atom. The number of anilines is 1. The van der Waals surface area contributed by atoms with E-state index in [0.29, 0.717) is 12.2 Å². The molecule has 3 aromatic rings. The molecule has 0 saturated heterocycles. The van der Waals surface area contributed by atoms with E-state index < -0.39 is 0 Å². The summed E-state index contributed by atoms with van der Waals surface area (Å²) in [4.78, 5) is 12.7. The van der Waals surface area contributed by atoms with Crippen LogP contribution in [-0.4, -0.2) is 12.5 Å². The van der Waals surface area contributed by atoms with E-state index in [1.54, 1.807) is 6.08 Å². The standard InChI is InChI=1S/C24H23NO2/c1-2-18-27-22-16-14-21(15-17-22)25-24(26)23-11-7-6-10-20(23)13-12-19-8-4-3-5-9-19/h2-11,14-17H,1,12-13,18H2,(H,25,26). The third kappa shape index (κ3) is 5.32. The van der Waals surface area contributed by atoms with Gasteiger partial charge in [-0.3, -0.25) is 4.79 Å². The zero-order valence-electron chi connectivity index (χ0n) is 15.2. The quantitative estimate of drug-likeness (QED) is 0.556. The second kappa shape index (κ2) is 9.39. The topological polar surface area (TPSA) is 38.3 Å². The fourth-order valence-corrected chi connectivity index (χ4v) is 2.87. The Kier molecular flexibility index (Phi) is 6.42. The minimum atomic E-state index is -0.0987. The van der Waals surface area contributed by atoms with E-state index in [0.717, 1.165) is 29.8 Å². The first-order valence-corrected chi connectivity index (χ1v) is 9.03. The molecule has 136 valence electrons. The van der Waals surface area contributed by atoms with Crippen LogP contribution in [0.15, 0.2) is 91.5 Å². The van der Waals surface area contributed by atoms with Crippen molar-refractivity contribution < 1.29 is 9.53 Å². The number of ether oxygens (including phenoxy) is 1. The van der Waals surface area contributed by atoms with E-state index >= 15 is 0 Å². The number of aryl methyl sites for hydroxylation is 2. The molecule has 0 aromatic heterocycles. The molecule has 0 radical (unpaired) electrons. The Morgan fingerprint density at radius 2 is 1.59 bits per heavy atom. The highest BCUT2D eigenvalue weighted by Crippen LogP contribution is 2.18. The maximum atomic E-state index is 12.7. The van der Waals surface area contributed by atoms with Crippen LogP contribution in [-0.2, 0) is 12.8 Å². The number of hydrogen-bond donors (Lipinski definition) is 1. The van der Waals surface area contributed by atoms with Gasteiger partial charge < -0.3 is 10.1 Å². The number of benzene rings is 3. The van der Waals surface area contributed by atoms with Crippen LogP contribution in [0.4, 0.5) is 5.69 Å². The molecular formula is C24H23NO2. The molecule has 1 N–H and O–H groups in total. The van der Waals surface area contributed by atoms with E-state index in [1.807, 2.05) is 66.7 Å². The molecule has 0 saturated carbocycles. The van der Waals surface area contributed by atoms with Gasteiger partial charge in [0.1, 0.15) is 12.4 Å². The van der Waals surface area contributed by atoms with Gasteiger partial charge in [-0.15, -0.1) is 0 Å². The molecular weight excluding hydrogens is 334 g/mol. The number of nitrogens with one attached hydrogen (secondary N) is 1. The van der Waals surface area contributed by atoms with Gasteiger partial charge in [-0.2, -0.15) is 0 Å². The van der Waals surface area contributed by atoms with Crippen molar-refractivity contribution in [2.45, 2.75) is 12.8 Å². The Morgan fingerprint density at radius 3 is 2.33 bits per heavy atom. The molecule has 27 heavy (non-hydrogen) atoms. The second-order valence-corrected chi connectivity index (χ2v) is 6.22.